The molecule has 4 rings (SSSR count). The first-order valence-electron chi connectivity index (χ1n) is 10.5. The van der Waals surface area contributed by atoms with Gasteiger partial charge in [-0.15, -0.1) is 0 Å². The second-order valence-electron chi connectivity index (χ2n) is 7.94. The average molecular weight is 420 g/mol. The minimum absolute atomic E-state index is 0.129. The molecule has 31 heavy (non-hydrogen) atoms. The van der Waals surface area contributed by atoms with E-state index in [0.29, 0.717) is 17.0 Å². The standard InChI is InChI=1S/C25H26FN3O2/c1-2-3-17-4-6-18(7-5-17)14-29-15-21(16-29)31-20-9-11-24(28-13-20)19-8-10-22(25(27)30)23(26)12-19/h4-13,21H,2-3,14-16H2,1H3,(H2,27,30). The van der Waals surface area contributed by atoms with E-state index in [-0.39, 0.29) is 11.7 Å². The Morgan fingerprint density at radius 2 is 1.87 bits per heavy atom. The first-order chi connectivity index (χ1) is 15.0. The summed E-state index contributed by atoms with van der Waals surface area (Å²) < 4.78 is 20.0. The van der Waals surface area contributed by atoms with Gasteiger partial charge in [0.1, 0.15) is 17.7 Å². The Bertz CT molecular complexity index is 1050. The van der Waals surface area contributed by atoms with Gasteiger partial charge < -0.3 is 10.5 Å². The Hall–Kier alpha value is -3.25. The topological polar surface area (TPSA) is 68.5 Å². The minimum atomic E-state index is -0.788. The van der Waals surface area contributed by atoms with Gasteiger partial charge in [0.25, 0.3) is 5.91 Å². The third-order valence-electron chi connectivity index (χ3n) is 5.46. The van der Waals surface area contributed by atoms with Crippen LogP contribution in [-0.2, 0) is 13.0 Å². The van der Waals surface area contributed by atoms with Crippen LogP contribution in [0.3, 0.4) is 0 Å². The van der Waals surface area contributed by atoms with E-state index in [1.54, 1.807) is 18.3 Å². The van der Waals surface area contributed by atoms with E-state index in [4.69, 9.17) is 10.5 Å². The summed E-state index contributed by atoms with van der Waals surface area (Å²) in [5.41, 5.74) is 8.90. The molecule has 3 aromatic rings. The van der Waals surface area contributed by atoms with Crippen molar-refractivity contribution in [2.45, 2.75) is 32.4 Å². The Morgan fingerprint density at radius 1 is 1.13 bits per heavy atom. The smallest absolute Gasteiger partial charge is 0.251 e. The highest BCUT2D eigenvalue weighted by Gasteiger charge is 2.28. The number of ether oxygens (including phenoxy) is 1. The molecule has 6 heteroatoms. The highest BCUT2D eigenvalue weighted by molar-refractivity contribution is 5.93. The molecule has 0 bridgehead atoms. The molecule has 1 fully saturated rings. The number of halogens is 1. The van der Waals surface area contributed by atoms with Crippen molar-refractivity contribution in [2.75, 3.05) is 13.1 Å². The average Bonchev–Trinajstić information content (AvgIpc) is 2.74. The van der Waals surface area contributed by atoms with Crippen LogP contribution in [0.15, 0.2) is 60.8 Å². The molecule has 2 aromatic carbocycles. The zero-order valence-corrected chi connectivity index (χ0v) is 17.6. The number of benzene rings is 2. The molecule has 5 nitrogen and oxygen atoms in total. The van der Waals surface area contributed by atoms with Crippen molar-refractivity contribution in [3.8, 4) is 17.0 Å². The summed E-state index contributed by atoms with van der Waals surface area (Å²) in [4.78, 5) is 17.9. The van der Waals surface area contributed by atoms with E-state index in [9.17, 15) is 9.18 Å². The molecule has 0 spiro atoms. The normalized spacial score (nSPS) is 14.3. The molecule has 0 aliphatic carbocycles. The van der Waals surface area contributed by atoms with Crippen LogP contribution in [0.25, 0.3) is 11.3 Å². The number of aromatic nitrogens is 1. The van der Waals surface area contributed by atoms with Gasteiger partial charge in [0.2, 0.25) is 0 Å². The second-order valence-corrected chi connectivity index (χ2v) is 7.94. The number of nitrogens with zero attached hydrogens (tertiary/aromatic N) is 2. The molecule has 1 saturated heterocycles. The number of pyridine rings is 1. The molecule has 2 N–H and O–H groups in total. The number of amides is 1. The van der Waals surface area contributed by atoms with Crippen LogP contribution < -0.4 is 10.5 Å². The van der Waals surface area contributed by atoms with E-state index in [0.717, 1.165) is 26.1 Å². The maximum Gasteiger partial charge on any atom is 0.251 e. The number of primary amides is 1. The summed E-state index contributed by atoms with van der Waals surface area (Å²) in [6.45, 7) is 4.87. The first-order valence-corrected chi connectivity index (χ1v) is 10.5. The van der Waals surface area contributed by atoms with Crippen LogP contribution in [-0.4, -0.2) is 35.0 Å². The van der Waals surface area contributed by atoms with Crippen molar-refractivity contribution < 1.29 is 13.9 Å². The number of hydrogen-bond donors (Lipinski definition) is 1. The van der Waals surface area contributed by atoms with E-state index >= 15 is 0 Å². The van der Waals surface area contributed by atoms with E-state index < -0.39 is 11.7 Å². The molecule has 0 radical (unpaired) electrons. The predicted molar refractivity (Wildman–Crippen MR) is 118 cm³/mol. The summed E-state index contributed by atoms with van der Waals surface area (Å²) in [6.07, 6.45) is 4.07. The lowest BCUT2D eigenvalue weighted by atomic mass is 10.1. The second kappa shape index (κ2) is 9.27. The monoisotopic (exact) mass is 419 g/mol. The van der Waals surface area contributed by atoms with Crippen molar-refractivity contribution >= 4 is 5.91 Å². The molecule has 1 aromatic heterocycles. The molecule has 2 heterocycles. The van der Waals surface area contributed by atoms with Gasteiger partial charge in [-0.1, -0.05) is 43.7 Å². The van der Waals surface area contributed by atoms with Crippen molar-refractivity contribution in [3.05, 3.63) is 83.3 Å². The van der Waals surface area contributed by atoms with Gasteiger partial charge in [-0.25, -0.2) is 4.39 Å². The fraction of sp³-hybridized carbons (Fsp3) is 0.280. The van der Waals surface area contributed by atoms with Gasteiger partial charge in [0.05, 0.1) is 17.5 Å². The molecular weight excluding hydrogens is 393 g/mol. The number of hydrogen-bond acceptors (Lipinski definition) is 4. The zero-order valence-electron chi connectivity index (χ0n) is 17.6. The molecule has 0 unspecified atom stereocenters. The molecule has 1 aliphatic rings. The predicted octanol–water partition coefficient (Wildman–Crippen LogP) is 4.20. The lowest BCUT2D eigenvalue weighted by Gasteiger charge is -2.39. The van der Waals surface area contributed by atoms with Gasteiger partial charge in [-0.05, 0) is 41.8 Å². The summed E-state index contributed by atoms with van der Waals surface area (Å²) in [7, 11) is 0. The highest BCUT2D eigenvalue weighted by atomic mass is 19.1. The van der Waals surface area contributed by atoms with Gasteiger partial charge in [0, 0.05) is 25.2 Å². The number of aryl methyl sites for hydroxylation is 1. The number of rotatable bonds is 8. The highest BCUT2D eigenvalue weighted by Crippen LogP contribution is 2.24. The fourth-order valence-electron chi connectivity index (χ4n) is 3.77. The molecule has 160 valence electrons. The van der Waals surface area contributed by atoms with Crippen molar-refractivity contribution in [1.82, 2.24) is 9.88 Å². The molecule has 0 atom stereocenters. The van der Waals surface area contributed by atoms with Gasteiger partial charge in [-0.3, -0.25) is 14.7 Å². The van der Waals surface area contributed by atoms with Crippen LogP contribution in [0.2, 0.25) is 0 Å². The van der Waals surface area contributed by atoms with Crippen LogP contribution >= 0.6 is 0 Å². The van der Waals surface area contributed by atoms with Gasteiger partial charge >= 0.3 is 0 Å². The number of carbonyl (C=O) groups is 1. The van der Waals surface area contributed by atoms with E-state index in [1.807, 2.05) is 6.07 Å². The SMILES string of the molecule is CCCc1ccc(CN2CC(Oc3ccc(-c4ccc(C(N)=O)c(F)c4)nc3)C2)cc1. The van der Waals surface area contributed by atoms with Gasteiger partial charge in [0.15, 0.2) is 0 Å². The third kappa shape index (κ3) is 5.09. The Balaban J connectivity index is 1.28. The minimum Gasteiger partial charge on any atom is -0.486 e. The van der Waals surface area contributed by atoms with E-state index in [2.05, 4.69) is 41.1 Å². The quantitative estimate of drug-likeness (QED) is 0.594. The summed E-state index contributed by atoms with van der Waals surface area (Å²) in [5.74, 6) is -0.753. The molecule has 1 aliphatic heterocycles. The Labute approximate surface area is 181 Å². The lowest BCUT2D eigenvalue weighted by Crippen LogP contribution is -2.53. The zero-order chi connectivity index (χ0) is 21.8. The number of nitrogens with two attached hydrogens (primary N) is 1. The largest absolute Gasteiger partial charge is 0.486 e. The Kier molecular flexibility index (Phi) is 6.28. The number of carbonyl (C=O) groups excluding carboxylic acids is 1. The summed E-state index contributed by atoms with van der Waals surface area (Å²) in [5, 5.41) is 0. The summed E-state index contributed by atoms with van der Waals surface area (Å²) in [6, 6.07) is 16.7. The fourth-order valence-corrected chi connectivity index (χ4v) is 3.77. The first kappa shape index (κ1) is 21.0. The summed E-state index contributed by atoms with van der Waals surface area (Å²) >= 11 is 0. The number of likely N-dealkylation sites (tertiary alicyclic amines) is 1. The van der Waals surface area contributed by atoms with Crippen molar-refractivity contribution in [1.29, 1.82) is 0 Å². The van der Waals surface area contributed by atoms with Crippen LogP contribution in [0.5, 0.6) is 5.75 Å². The van der Waals surface area contributed by atoms with Crippen LogP contribution in [0, 0.1) is 5.82 Å². The van der Waals surface area contributed by atoms with Crippen LogP contribution in [0.1, 0.15) is 34.8 Å². The lowest BCUT2D eigenvalue weighted by molar-refractivity contribution is 0.0144. The van der Waals surface area contributed by atoms with Gasteiger partial charge in [-0.2, -0.15) is 0 Å². The van der Waals surface area contributed by atoms with E-state index in [1.165, 1.54) is 29.7 Å². The molecule has 0 saturated carbocycles. The molecular formula is C25H26FN3O2. The molecule has 1 amide bonds. The van der Waals surface area contributed by atoms with Crippen LogP contribution in [0.4, 0.5) is 4.39 Å². The third-order valence-corrected chi connectivity index (χ3v) is 5.46. The van der Waals surface area contributed by atoms with Crippen molar-refractivity contribution in [3.63, 3.8) is 0 Å². The van der Waals surface area contributed by atoms with Crippen molar-refractivity contribution in [2.24, 2.45) is 5.73 Å². The maximum absolute atomic E-state index is 14.0. The Morgan fingerprint density at radius 3 is 2.48 bits per heavy atom. The maximum atomic E-state index is 14.0.